The summed E-state index contributed by atoms with van der Waals surface area (Å²) in [6.07, 6.45) is 1.43. The van der Waals surface area contributed by atoms with Crippen LogP contribution in [-0.4, -0.2) is 42.5 Å². The van der Waals surface area contributed by atoms with E-state index in [2.05, 4.69) is 0 Å². The second-order valence-corrected chi connectivity index (χ2v) is 7.07. The lowest BCUT2D eigenvalue weighted by atomic mass is 9.95. The maximum Gasteiger partial charge on any atom is 0.320 e. The molecule has 0 spiro atoms. The number of nitrogens with zero attached hydrogens (tertiary/aromatic N) is 1. The number of likely N-dealkylation sites (tertiary alicyclic amines) is 1. The van der Waals surface area contributed by atoms with E-state index in [0.717, 1.165) is 17.5 Å². The number of hydrogen-bond donors (Lipinski definition) is 1. The molecule has 2 atom stereocenters. The number of rotatable bonds is 5. The van der Waals surface area contributed by atoms with Gasteiger partial charge in [0.25, 0.3) is 0 Å². The molecular weight excluding hydrogens is 370 g/mol. The first-order chi connectivity index (χ1) is 13.1. The quantitative estimate of drug-likeness (QED) is 0.840. The topological polar surface area (TPSA) is 68.2 Å². The van der Waals surface area contributed by atoms with Crippen LogP contribution in [0.5, 0.6) is 17.2 Å². The molecule has 0 bridgehead atoms. The fourth-order valence-corrected chi connectivity index (χ4v) is 4.10. The Morgan fingerprint density at radius 1 is 1.26 bits per heavy atom. The van der Waals surface area contributed by atoms with Crippen molar-refractivity contribution < 1.29 is 24.1 Å². The summed E-state index contributed by atoms with van der Waals surface area (Å²) in [5.74, 6) is 1.19. The van der Waals surface area contributed by atoms with E-state index in [1.165, 1.54) is 0 Å². The molecule has 1 fully saturated rings. The van der Waals surface area contributed by atoms with Crippen LogP contribution in [0.1, 0.15) is 30.0 Å². The van der Waals surface area contributed by atoms with Crippen LogP contribution in [0.3, 0.4) is 0 Å². The number of benzene rings is 2. The fourth-order valence-electron chi connectivity index (χ4n) is 3.92. The van der Waals surface area contributed by atoms with Crippen LogP contribution >= 0.6 is 11.6 Å². The van der Waals surface area contributed by atoms with Crippen LogP contribution in [0.15, 0.2) is 36.4 Å². The van der Waals surface area contributed by atoms with Crippen LogP contribution in [-0.2, 0) is 4.79 Å². The van der Waals surface area contributed by atoms with Gasteiger partial charge in [-0.2, -0.15) is 0 Å². The maximum atomic E-state index is 11.8. The van der Waals surface area contributed by atoms with Gasteiger partial charge in [0, 0.05) is 17.1 Å². The van der Waals surface area contributed by atoms with Crippen molar-refractivity contribution in [3.63, 3.8) is 0 Å². The molecule has 0 amide bonds. The number of halogens is 1. The predicted octanol–water partition coefficient (Wildman–Crippen LogP) is 3.72. The molecule has 2 heterocycles. The van der Waals surface area contributed by atoms with Crippen molar-refractivity contribution in [2.75, 3.05) is 20.4 Å². The molecule has 7 heteroatoms. The molecule has 2 aromatic carbocycles. The fraction of sp³-hybridized carbons (Fsp3) is 0.350. The number of ether oxygens (including phenoxy) is 3. The lowest BCUT2D eigenvalue weighted by molar-refractivity contribution is -0.142. The summed E-state index contributed by atoms with van der Waals surface area (Å²) in [5.41, 5.74) is 1.74. The van der Waals surface area contributed by atoms with E-state index in [1.807, 2.05) is 35.2 Å². The second-order valence-electron chi connectivity index (χ2n) is 6.64. The van der Waals surface area contributed by atoms with Crippen molar-refractivity contribution in [2.45, 2.75) is 24.9 Å². The summed E-state index contributed by atoms with van der Waals surface area (Å²) in [6, 6.07) is 10.2. The molecule has 6 nitrogen and oxygen atoms in total. The molecule has 27 heavy (non-hydrogen) atoms. The van der Waals surface area contributed by atoms with Crippen LogP contribution < -0.4 is 14.2 Å². The van der Waals surface area contributed by atoms with Crippen molar-refractivity contribution in [3.8, 4) is 17.2 Å². The first-order valence-corrected chi connectivity index (χ1v) is 9.18. The molecule has 4 rings (SSSR count). The molecular formula is C20H20ClNO5. The van der Waals surface area contributed by atoms with Gasteiger partial charge in [0.15, 0.2) is 11.5 Å². The minimum Gasteiger partial charge on any atom is -0.496 e. The maximum absolute atomic E-state index is 11.8. The van der Waals surface area contributed by atoms with Crippen molar-refractivity contribution in [3.05, 3.63) is 52.5 Å². The summed E-state index contributed by atoms with van der Waals surface area (Å²) in [6.45, 7) is 0.858. The van der Waals surface area contributed by atoms with Gasteiger partial charge in [0.05, 0.1) is 13.2 Å². The molecule has 2 aromatic rings. The van der Waals surface area contributed by atoms with E-state index in [1.54, 1.807) is 13.2 Å². The van der Waals surface area contributed by atoms with Crippen molar-refractivity contribution >= 4 is 17.6 Å². The third-order valence-corrected chi connectivity index (χ3v) is 5.34. The van der Waals surface area contributed by atoms with Crippen LogP contribution in [0, 0.1) is 0 Å². The lowest BCUT2D eigenvalue weighted by Gasteiger charge is -2.33. The van der Waals surface area contributed by atoms with Gasteiger partial charge in [-0.15, -0.1) is 0 Å². The Morgan fingerprint density at radius 2 is 2.07 bits per heavy atom. The highest BCUT2D eigenvalue weighted by Gasteiger charge is 2.38. The van der Waals surface area contributed by atoms with E-state index >= 15 is 0 Å². The summed E-state index contributed by atoms with van der Waals surface area (Å²) in [4.78, 5) is 13.8. The number of methoxy groups -OCH3 is 1. The Morgan fingerprint density at radius 3 is 2.85 bits per heavy atom. The van der Waals surface area contributed by atoms with Gasteiger partial charge in [-0.25, -0.2) is 0 Å². The zero-order chi connectivity index (χ0) is 19.0. The highest BCUT2D eigenvalue weighted by molar-refractivity contribution is 6.30. The molecule has 2 aliphatic rings. The third-order valence-electron chi connectivity index (χ3n) is 5.11. The third kappa shape index (κ3) is 3.31. The Balaban J connectivity index is 1.85. The Kier molecular flexibility index (Phi) is 4.85. The van der Waals surface area contributed by atoms with Crippen LogP contribution in [0.25, 0.3) is 0 Å². The average Bonchev–Trinajstić information content (AvgIpc) is 3.31. The minimum absolute atomic E-state index is 0.186. The van der Waals surface area contributed by atoms with Crippen molar-refractivity contribution in [1.82, 2.24) is 4.90 Å². The Hall–Kier alpha value is -2.44. The number of hydrogen-bond acceptors (Lipinski definition) is 5. The van der Waals surface area contributed by atoms with Crippen LogP contribution in [0.4, 0.5) is 0 Å². The second kappa shape index (κ2) is 7.29. The van der Waals surface area contributed by atoms with Gasteiger partial charge in [-0.1, -0.05) is 17.7 Å². The molecule has 2 unspecified atom stereocenters. The number of carbonyl (C=O) groups is 1. The van der Waals surface area contributed by atoms with Gasteiger partial charge in [0.1, 0.15) is 11.8 Å². The first kappa shape index (κ1) is 17.9. The highest BCUT2D eigenvalue weighted by Crippen LogP contribution is 2.43. The molecule has 0 aliphatic carbocycles. The van der Waals surface area contributed by atoms with Crippen molar-refractivity contribution in [2.24, 2.45) is 0 Å². The number of fused-ring (bicyclic) bond motifs is 1. The van der Waals surface area contributed by atoms with E-state index in [4.69, 9.17) is 25.8 Å². The molecule has 1 saturated heterocycles. The molecule has 142 valence electrons. The van der Waals surface area contributed by atoms with Gasteiger partial charge >= 0.3 is 5.97 Å². The van der Waals surface area contributed by atoms with E-state index < -0.39 is 12.0 Å². The predicted molar refractivity (Wildman–Crippen MR) is 99.8 cm³/mol. The normalized spacial score (nSPS) is 19.9. The van der Waals surface area contributed by atoms with Gasteiger partial charge in [-0.3, -0.25) is 9.69 Å². The number of carboxylic acids is 1. The smallest absolute Gasteiger partial charge is 0.320 e. The summed E-state index contributed by atoms with van der Waals surface area (Å²) in [7, 11) is 1.60. The monoisotopic (exact) mass is 389 g/mol. The first-order valence-electron chi connectivity index (χ1n) is 8.80. The summed E-state index contributed by atoms with van der Waals surface area (Å²) < 4.78 is 16.5. The largest absolute Gasteiger partial charge is 0.496 e. The van der Waals surface area contributed by atoms with Gasteiger partial charge in [-0.05, 0) is 48.7 Å². The Bertz CT molecular complexity index is 871. The van der Waals surface area contributed by atoms with Gasteiger partial charge < -0.3 is 19.3 Å². The molecule has 0 radical (unpaired) electrons. The standard InChI is InChI=1S/C20H20ClNO5/c1-25-16-7-5-13(21)10-14(16)19(22-8-2-3-15(22)20(23)24)12-4-6-17-18(9-12)27-11-26-17/h4-7,9-10,15,19H,2-3,8,11H2,1H3,(H,23,24). The van der Waals surface area contributed by atoms with E-state index in [0.29, 0.717) is 35.2 Å². The highest BCUT2D eigenvalue weighted by atomic mass is 35.5. The molecule has 1 N–H and O–H groups in total. The Labute approximate surface area is 162 Å². The zero-order valence-electron chi connectivity index (χ0n) is 14.9. The number of aliphatic carboxylic acids is 1. The van der Waals surface area contributed by atoms with Crippen molar-refractivity contribution in [1.29, 1.82) is 0 Å². The number of carboxylic acid groups (broad SMARTS) is 1. The van der Waals surface area contributed by atoms with E-state index in [-0.39, 0.29) is 12.8 Å². The molecule has 0 aromatic heterocycles. The average molecular weight is 390 g/mol. The zero-order valence-corrected chi connectivity index (χ0v) is 15.6. The lowest BCUT2D eigenvalue weighted by Crippen LogP contribution is -2.39. The van der Waals surface area contributed by atoms with Gasteiger partial charge in [0.2, 0.25) is 6.79 Å². The summed E-state index contributed by atoms with van der Waals surface area (Å²) >= 11 is 6.27. The molecule has 2 aliphatic heterocycles. The SMILES string of the molecule is COc1ccc(Cl)cc1C(c1ccc2c(c1)OCO2)N1CCCC1C(=O)O. The summed E-state index contributed by atoms with van der Waals surface area (Å²) in [5, 5.41) is 10.3. The minimum atomic E-state index is -0.820. The molecule has 0 saturated carbocycles. The van der Waals surface area contributed by atoms with E-state index in [9.17, 15) is 9.90 Å². The van der Waals surface area contributed by atoms with Crippen LogP contribution in [0.2, 0.25) is 5.02 Å².